The Kier molecular flexibility index (Phi) is 2.30. The Morgan fingerprint density at radius 2 is 2.18 bits per heavy atom. The van der Waals surface area contributed by atoms with Crippen molar-refractivity contribution in [3.05, 3.63) is 0 Å². The Morgan fingerprint density at radius 1 is 1.64 bits per heavy atom. The van der Waals surface area contributed by atoms with Crippen LogP contribution in [0.1, 0.15) is 20.8 Å². The molecule has 0 aliphatic carbocycles. The minimum absolute atomic E-state index is 0.0978. The second-order valence-corrected chi connectivity index (χ2v) is 5.25. The first-order chi connectivity index (χ1) is 4.95. The number of ketones is 1. The van der Waals surface area contributed by atoms with Crippen LogP contribution in [0.4, 0.5) is 0 Å². The van der Waals surface area contributed by atoms with Crippen molar-refractivity contribution < 1.29 is 4.79 Å². The Balaban J connectivity index is 2.80. The summed E-state index contributed by atoms with van der Waals surface area (Å²) < 4.78 is 0.0978. The molecule has 0 bridgehead atoms. The van der Waals surface area contributed by atoms with E-state index >= 15 is 0 Å². The molecule has 1 saturated heterocycles. The van der Waals surface area contributed by atoms with Gasteiger partial charge in [-0.2, -0.15) is 0 Å². The number of carbonyl (C=O) groups excluding carboxylic acids is 1. The van der Waals surface area contributed by atoms with Crippen molar-refractivity contribution in [1.82, 2.24) is 4.90 Å². The zero-order valence-corrected chi connectivity index (χ0v) is 8.36. The lowest BCUT2D eigenvalue weighted by Gasteiger charge is -2.26. The molecule has 64 valence electrons. The van der Waals surface area contributed by atoms with Gasteiger partial charge < -0.3 is 0 Å². The number of nitrogens with zero attached hydrogens (tertiary/aromatic N) is 1. The van der Waals surface area contributed by atoms with Crippen LogP contribution in [0.25, 0.3) is 0 Å². The smallest absolute Gasteiger partial charge is 0.148 e. The molecule has 0 spiro atoms. The van der Waals surface area contributed by atoms with E-state index in [1.54, 1.807) is 6.92 Å². The van der Waals surface area contributed by atoms with Gasteiger partial charge in [-0.15, -0.1) is 11.8 Å². The number of hydrogen-bond donors (Lipinski definition) is 0. The van der Waals surface area contributed by atoms with Crippen LogP contribution in [0.2, 0.25) is 0 Å². The molecule has 1 heterocycles. The fraction of sp³-hybridized carbons (Fsp3) is 0.875. The van der Waals surface area contributed by atoms with E-state index in [1.165, 1.54) is 0 Å². The third kappa shape index (κ3) is 1.59. The highest BCUT2D eigenvalue weighted by Gasteiger charge is 2.41. The molecule has 0 aromatic carbocycles. The van der Waals surface area contributed by atoms with E-state index in [1.807, 2.05) is 18.8 Å². The molecule has 0 aromatic heterocycles. The van der Waals surface area contributed by atoms with Crippen LogP contribution < -0.4 is 0 Å². The number of likely N-dealkylation sites (N-methyl/N-ethyl adjacent to an activating group) is 1. The van der Waals surface area contributed by atoms with Crippen molar-refractivity contribution in [2.75, 3.05) is 12.9 Å². The van der Waals surface area contributed by atoms with Crippen molar-refractivity contribution >= 4 is 17.5 Å². The van der Waals surface area contributed by atoms with Gasteiger partial charge in [-0.25, -0.2) is 0 Å². The largest absolute Gasteiger partial charge is 0.298 e. The topological polar surface area (TPSA) is 20.3 Å². The van der Waals surface area contributed by atoms with Crippen LogP contribution in [-0.2, 0) is 4.79 Å². The Bertz CT molecular complexity index is 179. The highest BCUT2D eigenvalue weighted by atomic mass is 32.2. The van der Waals surface area contributed by atoms with Crippen LogP contribution in [0, 0.1) is 0 Å². The van der Waals surface area contributed by atoms with E-state index in [2.05, 4.69) is 18.7 Å². The molecule has 3 heteroatoms. The Labute approximate surface area is 72.3 Å². The van der Waals surface area contributed by atoms with Gasteiger partial charge in [0.2, 0.25) is 0 Å². The lowest BCUT2D eigenvalue weighted by atomic mass is 9.99. The van der Waals surface area contributed by atoms with Crippen molar-refractivity contribution in [2.24, 2.45) is 0 Å². The average Bonchev–Trinajstić information content (AvgIpc) is 2.06. The van der Waals surface area contributed by atoms with Crippen molar-refractivity contribution in [3.8, 4) is 0 Å². The number of thioether (sulfide) groups is 1. The van der Waals surface area contributed by atoms with Gasteiger partial charge in [0, 0.05) is 10.6 Å². The summed E-state index contributed by atoms with van der Waals surface area (Å²) >= 11 is 1.85. The van der Waals surface area contributed by atoms with Gasteiger partial charge in [0.15, 0.2) is 0 Å². The molecule has 1 atom stereocenters. The van der Waals surface area contributed by atoms with E-state index in [0.29, 0.717) is 0 Å². The number of carbonyl (C=O) groups is 1. The van der Waals surface area contributed by atoms with Gasteiger partial charge in [-0.3, -0.25) is 9.69 Å². The van der Waals surface area contributed by atoms with Gasteiger partial charge in [-0.05, 0) is 27.8 Å². The van der Waals surface area contributed by atoms with Crippen LogP contribution in [0.15, 0.2) is 0 Å². The van der Waals surface area contributed by atoms with E-state index < -0.39 is 0 Å². The lowest BCUT2D eigenvalue weighted by Crippen LogP contribution is -2.43. The van der Waals surface area contributed by atoms with Crippen LogP contribution in [0.3, 0.4) is 0 Å². The molecule has 0 radical (unpaired) electrons. The number of hydrogen-bond acceptors (Lipinski definition) is 3. The summed E-state index contributed by atoms with van der Waals surface area (Å²) in [6.07, 6.45) is 0. The molecule has 1 aliphatic rings. The first kappa shape index (κ1) is 9.07. The van der Waals surface area contributed by atoms with Crippen LogP contribution >= 0.6 is 11.8 Å². The van der Waals surface area contributed by atoms with Gasteiger partial charge in [-0.1, -0.05) is 0 Å². The molecular weight excluding hydrogens is 158 g/mol. The molecule has 11 heavy (non-hydrogen) atoms. The summed E-state index contributed by atoms with van der Waals surface area (Å²) in [6, 6.07) is 0.104. The van der Waals surface area contributed by atoms with Crippen molar-refractivity contribution in [1.29, 1.82) is 0 Å². The van der Waals surface area contributed by atoms with Crippen molar-refractivity contribution in [3.63, 3.8) is 0 Å². The standard InChI is InChI=1S/C8H15NOS/c1-6(10)7-8(2,3)11-5-9(7)4/h7H,5H2,1-4H3/t7-/m0/s1. The van der Waals surface area contributed by atoms with Crippen molar-refractivity contribution in [2.45, 2.75) is 31.6 Å². The van der Waals surface area contributed by atoms with E-state index in [0.717, 1.165) is 5.88 Å². The van der Waals surface area contributed by atoms with Crippen LogP contribution in [0.5, 0.6) is 0 Å². The predicted octanol–water partition coefficient (Wildman–Crippen LogP) is 1.36. The molecule has 0 saturated carbocycles. The maximum absolute atomic E-state index is 11.2. The second-order valence-electron chi connectivity index (χ2n) is 3.65. The molecule has 0 amide bonds. The fourth-order valence-electron chi connectivity index (χ4n) is 1.75. The van der Waals surface area contributed by atoms with E-state index in [-0.39, 0.29) is 16.6 Å². The zero-order valence-electron chi connectivity index (χ0n) is 7.55. The molecule has 1 aliphatic heterocycles. The maximum Gasteiger partial charge on any atom is 0.148 e. The quantitative estimate of drug-likeness (QED) is 0.597. The van der Waals surface area contributed by atoms with Gasteiger partial charge in [0.1, 0.15) is 5.78 Å². The van der Waals surface area contributed by atoms with Crippen LogP contribution in [-0.4, -0.2) is 34.4 Å². The summed E-state index contributed by atoms with van der Waals surface area (Å²) in [7, 11) is 2.01. The normalized spacial score (nSPS) is 30.7. The zero-order chi connectivity index (χ0) is 8.65. The Morgan fingerprint density at radius 3 is 2.36 bits per heavy atom. The average molecular weight is 173 g/mol. The molecular formula is C8H15NOS. The van der Waals surface area contributed by atoms with Gasteiger partial charge in [0.05, 0.1) is 6.04 Å². The van der Waals surface area contributed by atoms with Gasteiger partial charge in [0.25, 0.3) is 0 Å². The van der Waals surface area contributed by atoms with E-state index in [4.69, 9.17) is 0 Å². The predicted molar refractivity (Wildman–Crippen MR) is 48.8 cm³/mol. The molecule has 1 rings (SSSR count). The highest BCUT2D eigenvalue weighted by molar-refractivity contribution is 8.00. The molecule has 2 nitrogen and oxygen atoms in total. The Hall–Kier alpha value is -0.0200. The molecule has 0 aromatic rings. The summed E-state index contributed by atoms with van der Waals surface area (Å²) in [6.45, 7) is 5.94. The van der Waals surface area contributed by atoms with E-state index in [9.17, 15) is 4.79 Å². The molecule has 0 unspecified atom stereocenters. The minimum atomic E-state index is 0.0978. The highest BCUT2D eigenvalue weighted by Crippen LogP contribution is 2.38. The number of rotatable bonds is 1. The monoisotopic (exact) mass is 173 g/mol. The third-order valence-electron chi connectivity index (χ3n) is 2.12. The summed E-state index contributed by atoms with van der Waals surface area (Å²) in [5.41, 5.74) is 0. The SMILES string of the molecule is CC(=O)[C@@H]1N(C)CSC1(C)C. The lowest BCUT2D eigenvalue weighted by molar-refractivity contribution is -0.121. The summed E-state index contributed by atoms with van der Waals surface area (Å²) in [5.74, 6) is 1.25. The third-order valence-corrected chi connectivity index (χ3v) is 3.63. The second kappa shape index (κ2) is 2.79. The maximum atomic E-state index is 11.2. The first-order valence-corrected chi connectivity index (χ1v) is 4.78. The molecule has 1 fully saturated rings. The summed E-state index contributed by atoms with van der Waals surface area (Å²) in [5, 5.41) is 0. The van der Waals surface area contributed by atoms with Gasteiger partial charge >= 0.3 is 0 Å². The number of Topliss-reactive ketones (excluding diaryl/α,β-unsaturated/α-hetero) is 1. The molecule has 0 N–H and O–H groups in total. The minimum Gasteiger partial charge on any atom is -0.298 e. The first-order valence-electron chi connectivity index (χ1n) is 3.80. The fourth-order valence-corrected chi connectivity index (χ4v) is 2.94. The summed E-state index contributed by atoms with van der Waals surface area (Å²) in [4.78, 5) is 13.3.